The summed E-state index contributed by atoms with van der Waals surface area (Å²) in [6.45, 7) is 0.937. The van der Waals surface area contributed by atoms with Crippen molar-refractivity contribution in [2.45, 2.75) is 12.2 Å². The second-order valence-corrected chi connectivity index (χ2v) is 5.15. The Balaban J connectivity index is 1.67. The van der Waals surface area contributed by atoms with Crippen molar-refractivity contribution in [3.05, 3.63) is 36.9 Å². The van der Waals surface area contributed by atoms with Crippen LogP contribution in [0.15, 0.2) is 36.9 Å². The monoisotopic (exact) mass is 299 g/mol. The third-order valence-electron chi connectivity index (χ3n) is 3.65. The molecule has 7 nitrogen and oxygen atoms in total. The average Bonchev–Trinajstić information content (AvgIpc) is 3.14. The number of alkyl halides is 1. The van der Waals surface area contributed by atoms with Gasteiger partial charge < -0.3 is 10.6 Å². The van der Waals surface area contributed by atoms with Crippen LogP contribution in [-0.4, -0.2) is 49.9 Å². The van der Waals surface area contributed by atoms with Gasteiger partial charge in [0.15, 0.2) is 5.65 Å². The predicted molar refractivity (Wildman–Crippen MR) is 79.2 cm³/mol. The highest BCUT2D eigenvalue weighted by Gasteiger charge is 2.26. The summed E-state index contributed by atoms with van der Waals surface area (Å²) < 4.78 is 15.4. The fourth-order valence-corrected chi connectivity index (χ4v) is 2.54. The molecule has 2 N–H and O–H groups in total. The lowest BCUT2D eigenvalue weighted by Crippen LogP contribution is -2.29. The van der Waals surface area contributed by atoms with Crippen LogP contribution in [0.3, 0.4) is 0 Å². The van der Waals surface area contributed by atoms with E-state index in [0.717, 1.165) is 11.3 Å². The Hall–Kier alpha value is -2.61. The molecule has 3 aromatic heterocycles. The molecule has 2 atom stereocenters. The molecule has 3 aromatic rings. The van der Waals surface area contributed by atoms with Gasteiger partial charge in [0.2, 0.25) is 0 Å². The number of rotatable bonds is 3. The molecule has 1 saturated heterocycles. The average molecular weight is 299 g/mol. The highest BCUT2D eigenvalue weighted by Crippen LogP contribution is 2.19. The van der Waals surface area contributed by atoms with Crippen LogP contribution in [0.25, 0.3) is 17.0 Å². The second kappa shape index (κ2) is 5.30. The standard InChI is InChI=1S/C14H14FN7/c15-9-4-16-5-10(9)20-13-8-17-6-11(21-13)12-7-18-14-2-1-3-19-22(12)14/h1-3,6-10,16H,4-5H2,(H,20,21)/t9-,10+/m1/s1. The third-order valence-corrected chi connectivity index (χ3v) is 3.65. The van der Waals surface area contributed by atoms with Gasteiger partial charge in [0, 0.05) is 19.3 Å². The molecule has 0 bridgehead atoms. The number of nitrogens with one attached hydrogen (secondary N) is 2. The smallest absolute Gasteiger partial charge is 0.154 e. The lowest BCUT2D eigenvalue weighted by Gasteiger charge is -2.14. The lowest BCUT2D eigenvalue weighted by molar-refractivity contribution is 0.342. The highest BCUT2D eigenvalue weighted by atomic mass is 19.1. The Labute approximate surface area is 125 Å². The fraction of sp³-hybridized carbons (Fsp3) is 0.286. The van der Waals surface area contributed by atoms with E-state index in [1.54, 1.807) is 29.3 Å². The number of hydrogen-bond acceptors (Lipinski definition) is 6. The van der Waals surface area contributed by atoms with Crippen molar-refractivity contribution in [3.8, 4) is 11.4 Å². The first kappa shape index (κ1) is 13.1. The van der Waals surface area contributed by atoms with Gasteiger partial charge in [-0.05, 0) is 12.1 Å². The van der Waals surface area contributed by atoms with Crippen LogP contribution in [0.4, 0.5) is 10.2 Å². The van der Waals surface area contributed by atoms with Crippen molar-refractivity contribution in [2.75, 3.05) is 18.4 Å². The van der Waals surface area contributed by atoms with Crippen molar-refractivity contribution < 1.29 is 4.39 Å². The van der Waals surface area contributed by atoms with E-state index in [9.17, 15) is 4.39 Å². The van der Waals surface area contributed by atoms with Crippen molar-refractivity contribution in [1.82, 2.24) is 29.9 Å². The molecule has 0 spiro atoms. The van der Waals surface area contributed by atoms with Crippen molar-refractivity contribution in [3.63, 3.8) is 0 Å². The van der Waals surface area contributed by atoms with Crippen molar-refractivity contribution in [1.29, 1.82) is 0 Å². The Kier molecular flexibility index (Phi) is 3.15. The zero-order valence-corrected chi connectivity index (χ0v) is 11.6. The first-order valence-corrected chi connectivity index (χ1v) is 7.04. The van der Waals surface area contributed by atoms with Gasteiger partial charge in [0.1, 0.15) is 23.4 Å². The van der Waals surface area contributed by atoms with Gasteiger partial charge in [-0.15, -0.1) is 0 Å². The van der Waals surface area contributed by atoms with Gasteiger partial charge in [-0.25, -0.2) is 18.9 Å². The quantitative estimate of drug-likeness (QED) is 0.748. The molecule has 1 fully saturated rings. The minimum atomic E-state index is -0.928. The summed E-state index contributed by atoms with van der Waals surface area (Å²) in [5.74, 6) is 0.541. The van der Waals surface area contributed by atoms with Gasteiger partial charge in [0.05, 0.1) is 24.6 Å². The maximum atomic E-state index is 13.7. The zero-order chi connectivity index (χ0) is 14.9. The molecule has 8 heteroatoms. The molecule has 0 unspecified atom stereocenters. The van der Waals surface area contributed by atoms with Crippen molar-refractivity contribution in [2.24, 2.45) is 0 Å². The SMILES string of the molecule is F[C@@H]1CNC[C@@H]1Nc1cncc(-c2cnc3cccnn23)n1. The van der Waals surface area contributed by atoms with E-state index in [1.165, 1.54) is 0 Å². The summed E-state index contributed by atoms with van der Waals surface area (Å²) in [4.78, 5) is 13.0. The molecule has 22 heavy (non-hydrogen) atoms. The number of anilines is 1. The van der Waals surface area contributed by atoms with Crippen LogP contribution in [0.1, 0.15) is 0 Å². The van der Waals surface area contributed by atoms with E-state index in [1.807, 2.05) is 12.1 Å². The molecule has 0 aromatic carbocycles. The third kappa shape index (κ3) is 2.27. The second-order valence-electron chi connectivity index (χ2n) is 5.15. The van der Waals surface area contributed by atoms with Crippen LogP contribution in [0, 0.1) is 0 Å². The van der Waals surface area contributed by atoms with Crippen molar-refractivity contribution >= 4 is 11.5 Å². The van der Waals surface area contributed by atoms with E-state index in [0.29, 0.717) is 24.6 Å². The van der Waals surface area contributed by atoms with Crippen LogP contribution in [0.5, 0.6) is 0 Å². The molecule has 0 saturated carbocycles. The molecule has 1 aliphatic rings. The Morgan fingerprint density at radius 2 is 2.23 bits per heavy atom. The summed E-state index contributed by atoms with van der Waals surface area (Å²) in [6.07, 6.45) is 5.69. The normalized spacial score (nSPS) is 21.3. The summed E-state index contributed by atoms with van der Waals surface area (Å²) in [5.41, 5.74) is 2.12. The van der Waals surface area contributed by atoms with E-state index < -0.39 is 6.17 Å². The Morgan fingerprint density at radius 3 is 3.09 bits per heavy atom. The minimum absolute atomic E-state index is 0.287. The van der Waals surface area contributed by atoms with E-state index in [-0.39, 0.29) is 6.04 Å². The van der Waals surface area contributed by atoms with E-state index >= 15 is 0 Å². The van der Waals surface area contributed by atoms with Crippen LogP contribution in [-0.2, 0) is 0 Å². The lowest BCUT2D eigenvalue weighted by atomic mass is 10.2. The minimum Gasteiger partial charge on any atom is -0.362 e. The van der Waals surface area contributed by atoms with Gasteiger partial charge in [0.25, 0.3) is 0 Å². The summed E-state index contributed by atoms with van der Waals surface area (Å²) >= 11 is 0. The van der Waals surface area contributed by atoms with Crippen LogP contribution >= 0.6 is 0 Å². The number of hydrogen-bond donors (Lipinski definition) is 2. The van der Waals surface area contributed by atoms with E-state index in [4.69, 9.17) is 0 Å². The maximum Gasteiger partial charge on any atom is 0.154 e. The first-order valence-electron chi connectivity index (χ1n) is 7.04. The molecular weight excluding hydrogens is 285 g/mol. The Morgan fingerprint density at radius 1 is 1.27 bits per heavy atom. The number of fused-ring (bicyclic) bond motifs is 1. The number of nitrogens with zero attached hydrogens (tertiary/aromatic N) is 5. The topological polar surface area (TPSA) is 80.0 Å². The van der Waals surface area contributed by atoms with Crippen LogP contribution < -0.4 is 10.6 Å². The fourth-order valence-electron chi connectivity index (χ4n) is 2.54. The molecule has 0 aliphatic carbocycles. The largest absolute Gasteiger partial charge is 0.362 e. The highest BCUT2D eigenvalue weighted by molar-refractivity contribution is 5.59. The number of imidazole rings is 1. The molecule has 0 amide bonds. The summed E-state index contributed by atoms with van der Waals surface area (Å²) in [5, 5.41) is 10.3. The first-order chi connectivity index (χ1) is 10.8. The molecule has 0 radical (unpaired) electrons. The van der Waals surface area contributed by atoms with Gasteiger partial charge in [-0.2, -0.15) is 5.10 Å². The molecular formula is C14H14FN7. The number of aromatic nitrogens is 5. The molecule has 112 valence electrons. The molecule has 4 rings (SSSR count). The predicted octanol–water partition coefficient (Wildman–Crippen LogP) is 0.908. The molecule has 1 aliphatic heterocycles. The van der Waals surface area contributed by atoms with Gasteiger partial charge >= 0.3 is 0 Å². The number of halogens is 1. The summed E-state index contributed by atoms with van der Waals surface area (Å²) in [6, 6.07) is 3.40. The summed E-state index contributed by atoms with van der Waals surface area (Å²) in [7, 11) is 0. The van der Waals surface area contributed by atoms with E-state index in [2.05, 4.69) is 30.7 Å². The Bertz CT molecular complexity index is 802. The van der Waals surface area contributed by atoms with Gasteiger partial charge in [-0.3, -0.25) is 4.98 Å². The van der Waals surface area contributed by atoms with Gasteiger partial charge in [-0.1, -0.05) is 0 Å². The molecule has 4 heterocycles. The maximum absolute atomic E-state index is 13.7. The zero-order valence-electron chi connectivity index (χ0n) is 11.6. The van der Waals surface area contributed by atoms with Crippen LogP contribution in [0.2, 0.25) is 0 Å².